The first-order valence-corrected chi connectivity index (χ1v) is 6.11. The average Bonchev–Trinajstić information content (AvgIpc) is 2.68. The summed E-state index contributed by atoms with van der Waals surface area (Å²) in [5.74, 6) is -0.574. The van der Waals surface area contributed by atoms with E-state index in [1.807, 2.05) is 30.3 Å². The van der Waals surface area contributed by atoms with E-state index in [0.29, 0.717) is 6.54 Å². The molecule has 0 fully saturated rings. The Labute approximate surface area is 111 Å². The lowest BCUT2D eigenvalue weighted by atomic mass is 10.2. The van der Waals surface area contributed by atoms with Crippen LogP contribution >= 0.6 is 0 Å². The Morgan fingerprint density at radius 1 is 1.26 bits per heavy atom. The van der Waals surface area contributed by atoms with Gasteiger partial charge in [0.05, 0.1) is 13.2 Å². The van der Waals surface area contributed by atoms with Gasteiger partial charge in [-0.25, -0.2) is 9.48 Å². The zero-order chi connectivity index (χ0) is 13.8. The Morgan fingerprint density at radius 2 is 1.95 bits per heavy atom. The van der Waals surface area contributed by atoms with Crippen LogP contribution in [0.3, 0.4) is 0 Å². The van der Waals surface area contributed by atoms with E-state index in [9.17, 15) is 9.59 Å². The van der Waals surface area contributed by atoms with E-state index in [1.165, 1.54) is 10.9 Å². The lowest BCUT2D eigenvalue weighted by Crippen LogP contribution is -2.25. The zero-order valence-electron chi connectivity index (χ0n) is 11.0. The van der Waals surface area contributed by atoms with Crippen LogP contribution in [0.4, 0.5) is 0 Å². The molecule has 0 aliphatic heterocycles. The molecule has 2 rings (SSSR count). The molecule has 5 nitrogen and oxygen atoms in total. The van der Waals surface area contributed by atoms with Crippen LogP contribution in [0.15, 0.2) is 41.3 Å². The molecule has 19 heavy (non-hydrogen) atoms. The van der Waals surface area contributed by atoms with E-state index in [1.54, 1.807) is 18.7 Å². The van der Waals surface area contributed by atoms with E-state index < -0.39 is 5.97 Å². The number of carbonyl (C=O) groups excluding carboxylic acids is 1. The maximum atomic E-state index is 12.2. The van der Waals surface area contributed by atoms with Gasteiger partial charge in [-0.3, -0.25) is 9.48 Å². The molecule has 1 aromatic heterocycles. The van der Waals surface area contributed by atoms with Gasteiger partial charge in [0, 0.05) is 13.2 Å². The summed E-state index contributed by atoms with van der Waals surface area (Å²) in [7, 11) is 1.73. The number of hydrogen-bond acceptors (Lipinski definition) is 3. The van der Waals surface area contributed by atoms with Crippen LogP contribution < -0.4 is 5.56 Å². The van der Waals surface area contributed by atoms with Crippen molar-refractivity contribution < 1.29 is 9.53 Å². The van der Waals surface area contributed by atoms with Crippen LogP contribution in [0, 0.1) is 0 Å². The van der Waals surface area contributed by atoms with Crippen LogP contribution in [0.5, 0.6) is 0 Å². The second kappa shape index (κ2) is 5.56. The summed E-state index contributed by atoms with van der Waals surface area (Å²) in [6.07, 6.45) is 1.50. The number of carbonyl (C=O) groups is 1. The molecule has 5 heteroatoms. The first-order valence-electron chi connectivity index (χ1n) is 6.11. The van der Waals surface area contributed by atoms with Crippen molar-refractivity contribution in [2.24, 2.45) is 7.05 Å². The minimum absolute atomic E-state index is 0.0697. The van der Waals surface area contributed by atoms with Crippen LogP contribution in [0.25, 0.3) is 0 Å². The van der Waals surface area contributed by atoms with Crippen molar-refractivity contribution >= 4 is 5.97 Å². The van der Waals surface area contributed by atoms with Gasteiger partial charge in [-0.2, -0.15) is 0 Å². The Bertz CT molecular complexity index is 626. The van der Waals surface area contributed by atoms with E-state index in [0.717, 1.165) is 5.56 Å². The van der Waals surface area contributed by atoms with Crippen LogP contribution in [-0.2, 0) is 18.3 Å². The van der Waals surface area contributed by atoms with Gasteiger partial charge in [-0.05, 0) is 12.5 Å². The van der Waals surface area contributed by atoms with Gasteiger partial charge in [0.25, 0.3) is 5.56 Å². The number of aryl methyl sites for hydroxylation is 1. The average molecular weight is 260 g/mol. The minimum Gasteiger partial charge on any atom is -0.462 e. The predicted octanol–water partition coefficient (Wildman–Crippen LogP) is 1.41. The molecule has 100 valence electrons. The molecule has 0 radical (unpaired) electrons. The normalized spacial score (nSPS) is 10.4. The van der Waals surface area contributed by atoms with Crippen LogP contribution in [0.1, 0.15) is 22.8 Å². The van der Waals surface area contributed by atoms with Gasteiger partial charge in [0.1, 0.15) is 5.56 Å². The summed E-state index contributed by atoms with van der Waals surface area (Å²) >= 11 is 0. The van der Waals surface area contributed by atoms with Crippen LogP contribution in [0.2, 0.25) is 0 Å². The molecule has 0 bridgehead atoms. The van der Waals surface area contributed by atoms with Crippen molar-refractivity contribution in [3.8, 4) is 0 Å². The van der Waals surface area contributed by atoms with Gasteiger partial charge < -0.3 is 4.74 Å². The number of benzene rings is 1. The molecular formula is C14H16N2O3. The van der Waals surface area contributed by atoms with E-state index >= 15 is 0 Å². The third-order valence-electron chi connectivity index (χ3n) is 2.83. The molecule has 0 spiro atoms. The quantitative estimate of drug-likeness (QED) is 0.781. The fourth-order valence-corrected chi connectivity index (χ4v) is 1.88. The molecule has 0 aliphatic rings. The number of ether oxygens (including phenoxy) is 1. The van der Waals surface area contributed by atoms with Gasteiger partial charge in [0.15, 0.2) is 0 Å². The molecule has 0 saturated heterocycles. The predicted molar refractivity (Wildman–Crippen MR) is 71.2 cm³/mol. The summed E-state index contributed by atoms with van der Waals surface area (Å²) in [5.41, 5.74) is 0.742. The summed E-state index contributed by atoms with van der Waals surface area (Å²) in [6.45, 7) is 2.39. The summed E-state index contributed by atoms with van der Waals surface area (Å²) in [5, 5.41) is 0. The molecule has 0 atom stereocenters. The third kappa shape index (κ3) is 2.76. The van der Waals surface area contributed by atoms with E-state index in [2.05, 4.69) is 0 Å². The highest BCUT2D eigenvalue weighted by atomic mass is 16.5. The number of nitrogens with zero attached hydrogens (tertiary/aromatic N) is 2. The van der Waals surface area contributed by atoms with Crippen LogP contribution in [-0.4, -0.2) is 21.9 Å². The smallest absolute Gasteiger partial charge is 0.345 e. The SMILES string of the molecule is CCOC(=O)c1cn(C)n(Cc2ccccc2)c1=O. The monoisotopic (exact) mass is 260 g/mol. The first-order chi connectivity index (χ1) is 9.13. The molecule has 0 aliphatic carbocycles. The lowest BCUT2D eigenvalue weighted by Gasteiger charge is -2.06. The summed E-state index contributed by atoms with van der Waals surface area (Å²) in [4.78, 5) is 23.8. The van der Waals surface area contributed by atoms with Gasteiger partial charge >= 0.3 is 5.97 Å². The molecule has 1 heterocycles. The Kier molecular flexibility index (Phi) is 3.85. The molecule has 0 amide bonds. The minimum atomic E-state index is -0.574. The Balaban J connectivity index is 2.32. The number of hydrogen-bond donors (Lipinski definition) is 0. The van der Waals surface area contributed by atoms with Crippen molar-refractivity contribution in [2.45, 2.75) is 13.5 Å². The molecule has 0 unspecified atom stereocenters. The van der Waals surface area contributed by atoms with Gasteiger partial charge in [-0.1, -0.05) is 30.3 Å². The van der Waals surface area contributed by atoms with Crippen molar-refractivity contribution in [3.63, 3.8) is 0 Å². The zero-order valence-corrected chi connectivity index (χ0v) is 11.0. The molecule has 0 saturated carbocycles. The molecule has 2 aromatic rings. The highest BCUT2D eigenvalue weighted by Gasteiger charge is 2.17. The summed E-state index contributed by atoms with van der Waals surface area (Å²) < 4.78 is 7.98. The van der Waals surface area contributed by atoms with Crippen molar-refractivity contribution in [3.05, 3.63) is 58.0 Å². The van der Waals surface area contributed by atoms with Gasteiger partial charge in [-0.15, -0.1) is 0 Å². The van der Waals surface area contributed by atoms with E-state index in [4.69, 9.17) is 4.74 Å². The number of aromatic nitrogens is 2. The fraction of sp³-hybridized carbons (Fsp3) is 0.286. The molecule has 1 aromatic carbocycles. The van der Waals surface area contributed by atoms with Crippen molar-refractivity contribution in [1.82, 2.24) is 9.36 Å². The highest BCUT2D eigenvalue weighted by Crippen LogP contribution is 2.03. The Morgan fingerprint density at radius 3 is 2.58 bits per heavy atom. The Hall–Kier alpha value is -2.30. The third-order valence-corrected chi connectivity index (χ3v) is 2.83. The van der Waals surface area contributed by atoms with Crippen molar-refractivity contribution in [2.75, 3.05) is 6.61 Å². The fourth-order valence-electron chi connectivity index (χ4n) is 1.88. The first kappa shape index (κ1) is 13.1. The van der Waals surface area contributed by atoms with Gasteiger partial charge in [0.2, 0.25) is 0 Å². The largest absolute Gasteiger partial charge is 0.462 e. The maximum Gasteiger partial charge on any atom is 0.345 e. The maximum absolute atomic E-state index is 12.2. The topological polar surface area (TPSA) is 53.2 Å². The number of rotatable bonds is 4. The number of esters is 1. The standard InChI is InChI=1S/C14H16N2O3/c1-3-19-14(18)12-10-15(2)16(13(12)17)9-11-7-5-4-6-8-11/h4-8,10H,3,9H2,1-2H3. The lowest BCUT2D eigenvalue weighted by molar-refractivity contribution is 0.0524. The molecule has 0 N–H and O–H groups in total. The summed E-state index contributed by atoms with van der Waals surface area (Å²) in [6, 6.07) is 9.61. The molecular weight excluding hydrogens is 244 g/mol. The second-order valence-electron chi connectivity index (χ2n) is 4.19. The van der Waals surface area contributed by atoms with E-state index in [-0.39, 0.29) is 17.7 Å². The second-order valence-corrected chi connectivity index (χ2v) is 4.19. The highest BCUT2D eigenvalue weighted by molar-refractivity contribution is 5.88. The van der Waals surface area contributed by atoms with Crippen molar-refractivity contribution in [1.29, 1.82) is 0 Å².